The number of anilines is 3. The summed E-state index contributed by atoms with van der Waals surface area (Å²) in [5.74, 6) is 0.139. The van der Waals surface area contributed by atoms with E-state index < -0.39 is 26.5 Å². The lowest BCUT2D eigenvalue weighted by Gasteiger charge is -2.44. The van der Waals surface area contributed by atoms with Crippen LogP contribution in [0.25, 0.3) is 22.0 Å². The fourth-order valence-electron chi connectivity index (χ4n) is 6.21. The number of aromatic nitrogens is 2. The highest BCUT2D eigenvalue weighted by Crippen LogP contribution is 2.55. The first-order valence-corrected chi connectivity index (χ1v) is 15.0. The molecule has 2 aromatic heterocycles. The molecule has 0 radical (unpaired) electrons. The zero-order valence-electron chi connectivity index (χ0n) is 22.6. The highest BCUT2D eigenvalue weighted by Gasteiger charge is 2.54. The molecular weight excluding hydrogens is 555 g/mol. The Bertz CT molecular complexity index is 1650. The zero-order valence-corrected chi connectivity index (χ0v) is 24.3. The van der Waals surface area contributed by atoms with Crippen molar-refractivity contribution in [3.8, 4) is 11.1 Å². The second kappa shape index (κ2) is 9.25. The molecule has 0 bridgehead atoms. The Labute approximate surface area is 239 Å². The van der Waals surface area contributed by atoms with Gasteiger partial charge in [-0.05, 0) is 51.9 Å². The van der Waals surface area contributed by atoms with Crippen molar-refractivity contribution in [1.82, 2.24) is 14.9 Å². The molecule has 4 aliphatic rings. The molecule has 2 saturated carbocycles. The van der Waals surface area contributed by atoms with Gasteiger partial charge in [-0.25, -0.2) is 17.8 Å². The van der Waals surface area contributed by atoms with Gasteiger partial charge in [0.05, 0.1) is 33.8 Å². The van der Waals surface area contributed by atoms with Gasteiger partial charge >= 0.3 is 0 Å². The molecule has 2 aliphatic carbocycles. The third-order valence-electron chi connectivity index (χ3n) is 8.98. The Morgan fingerprint density at radius 2 is 1.82 bits per heavy atom. The van der Waals surface area contributed by atoms with Crippen LogP contribution in [-0.4, -0.2) is 74.7 Å². The SMILES string of the molecule is CN1C(=O)C2(CCC2)c2c1cnc1cc(F)c(-c3cnc(N4CC(N(C)C)C4)c(NS(=O)(=O)C4CC4)c3)cc21.Cl. The van der Waals surface area contributed by atoms with E-state index in [2.05, 4.69) is 19.6 Å². The second-order valence-corrected chi connectivity index (χ2v) is 13.6. The molecule has 2 aliphatic heterocycles. The number of nitrogens with one attached hydrogen (secondary N) is 1. The summed E-state index contributed by atoms with van der Waals surface area (Å²) >= 11 is 0. The smallest absolute Gasteiger partial charge is 0.237 e. The van der Waals surface area contributed by atoms with Gasteiger partial charge in [0.25, 0.3) is 0 Å². The lowest BCUT2D eigenvalue weighted by atomic mass is 9.64. The minimum atomic E-state index is -3.56. The van der Waals surface area contributed by atoms with Crippen LogP contribution in [0.1, 0.15) is 37.7 Å². The summed E-state index contributed by atoms with van der Waals surface area (Å²) in [5, 5.41) is 0.348. The molecule has 1 N–H and O–H groups in total. The van der Waals surface area contributed by atoms with Gasteiger partial charge in [0, 0.05) is 60.5 Å². The first-order valence-electron chi connectivity index (χ1n) is 13.4. The number of fused-ring (bicyclic) bond motifs is 4. The van der Waals surface area contributed by atoms with Gasteiger partial charge in [-0.2, -0.15) is 0 Å². The van der Waals surface area contributed by atoms with E-state index in [0.29, 0.717) is 47.0 Å². The van der Waals surface area contributed by atoms with Crippen molar-refractivity contribution in [3.63, 3.8) is 0 Å². The third kappa shape index (κ3) is 3.96. The number of sulfonamides is 1. The number of rotatable bonds is 6. The monoisotopic (exact) mass is 586 g/mol. The number of amides is 1. The zero-order chi connectivity index (χ0) is 27.3. The minimum absolute atomic E-state index is 0. The first-order chi connectivity index (χ1) is 18.6. The molecule has 1 aromatic carbocycles. The van der Waals surface area contributed by atoms with Crippen LogP contribution >= 0.6 is 12.4 Å². The Morgan fingerprint density at radius 3 is 2.45 bits per heavy atom. The number of hydrogen-bond donors (Lipinski definition) is 1. The van der Waals surface area contributed by atoms with Crippen LogP contribution in [0.15, 0.2) is 30.6 Å². The lowest BCUT2D eigenvalue weighted by Crippen LogP contribution is -2.57. The predicted octanol–water partition coefficient (Wildman–Crippen LogP) is 3.91. The van der Waals surface area contributed by atoms with E-state index in [1.54, 1.807) is 36.5 Å². The summed E-state index contributed by atoms with van der Waals surface area (Å²) in [5.41, 5.74) is 2.74. The van der Waals surface area contributed by atoms with E-state index in [4.69, 9.17) is 0 Å². The van der Waals surface area contributed by atoms with Gasteiger partial charge in [-0.15, -0.1) is 12.4 Å². The lowest BCUT2D eigenvalue weighted by molar-refractivity contribution is -0.125. The molecule has 0 unspecified atom stereocenters. The molecule has 4 heterocycles. The van der Waals surface area contributed by atoms with Gasteiger partial charge in [0.1, 0.15) is 5.82 Å². The molecule has 12 heteroatoms. The van der Waals surface area contributed by atoms with E-state index in [9.17, 15) is 13.2 Å². The van der Waals surface area contributed by atoms with E-state index in [-0.39, 0.29) is 18.3 Å². The van der Waals surface area contributed by atoms with Crippen molar-refractivity contribution >= 4 is 56.4 Å². The van der Waals surface area contributed by atoms with Gasteiger partial charge in [-0.1, -0.05) is 6.42 Å². The minimum Gasteiger partial charge on any atom is -0.352 e. The number of halogens is 2. The number of pyridine rings is 2. The molecule has 1 spiro atoms. The fraction of sp³-hybridized carbons (Fsp3) is 0.464. The Morgan fingerprint density at radius 1 is 1.10 bits per heavy atom. The predicted molar refractivity (Wildman–Crippen MR) is 156 cm³/mol. The first kappa shape index (κ1) is 27.2. The number of carbonyl (C=O) groups is 1. The van der Waals surface area contributed by atoms with Crippen molar-refractivity contribution in [2.24, 2.45) is 0 Å². The molecule has 1 amide bonds. The van der Waals surface area contributed by atoms with Gasteiger partial charge in [0.15, 0.2) is 5.82 Å². The normalized spacial score (nSPS) is 20.0. The van der Waals surface area contributed by atoms with E-state index in [1.807, 2.05) is 19.0 Å². The van der Waals surface area contributed by atoms with Gasteiger partial charge < -0.3 is 14.7 Å². The average molecular weight is 587 g/mol. The molecule has 212 valence electrons. The van der Waals surface area contributed by atoms with Gasteiger partial charge in [0.2, 0.25) is 15.9 Å². The Hall–Kier alpha value is -3.02. The standard InChI is InChI=1S/C28H31FN6O3S.ClH/c1-33(2)17-14-35(15-17)26-23(32-39(37,38)18-5-6-18)9-16(12-31-26)19-10-20-22(11-21(19)29)30-13-24-25(20)28(7-4-8-28)27(36)34(24)3;/h9-13,17-18,32H,4-8,14-15H2,1-3H3;1H. The summed E-state index contributed by atoms with van der Waals surface area (Å²) in [6.45, 7) is 1.45. The molecular formula is C28H32ClFN6O3S. The summed E-state index contributed by atoms with van der Waals surface area (Å²) < 4.78 is 44.2. The molecule has 40 heavy (non-hydrogen) atoms. The quantitative estimate of drug-likeness (QED) is 0.468. The van der Waals surface area contributed by atoms with Crippen molar-refractivity contribution in [3.05, 3.63) is 42.0 Å². The van der Waals surface area contributed by atoms with E-state index in [0.717, 1.165) is 49.0 Å². The maximum absolute atomic E-state index is 15.6. The molecule has 0 atom stereocenters. The molecule has 3 fully saturated rings. The van der Waals surface area contributed by atoms with Crippen LogP contribution in [0.4, 0.5) is 21.6 Å². The van der Waals surface area contributed by atoms with Crippen molar-refractivity contribution in [2.45, 2.75) is 48.8 Å². The van der Waals surface area contributed by atoms with Crippen molar-refractivity contribution < 1.29 is 17.6 Å². The summed E-state index contributed by atoms with van der Waals surface area (Å²) in [7, 11) is 2.24. The highest BCUT2D eigenvalue weighted by molar-refractivity contribution is 7.93. The average Bonchev–Trinajstić information content (AvgIpc) is 3.65. The number of hydrogen-bond acceptors (Lipinski definition) is 7. The fourth-order valence-corrected chi connectivity index (χ4v) is 7.59. The molecule has 1 saturated heterocycles. The van der Waals surface area contributed by atoms with Crippen LogP contribution in [0.2, 0.25) is 0 Å². The second-order valence-electron chi connectivity index (χ2n) is 11.6. The van der Waals surface area contributed by atoms with E-state index >= 15 is 4.39 Å². The maximum atomic E-state index is 15.6. The molecule has 9 nitrogen and oxygen atoms in total. The summed E-state index contributed by atoms with van der Waals surface area (Å²) in [4.78, 5) is 28.2. The van der Waals surface area contributed by atoms with Gasteiger partial charge in [-0.3, -0.25) is 14.5 Å². The molecule has 3 aromatic rings. The van der Waals surface area contributed by atoms with Crippen LogP contribution < -0.4 is 14.5 Å². The van der Waals surface area contributed by atoms with Crippen molar-refractivity contribution in [1.29, 1.82) is 0 Å². The van der Waals surface area contributed by atoms with Crippen LogP contribution in [-0.2, 0) is 20.2 Å². The number of carbonyl (C=O) groups excluding carboxylic acids is 1. The number of likely N-dealkylation sites (N-methyl/N-ethyl adjacent to an activating group) is 2. The topological polar surface area (TPSA) is 98.7 Å². The summed E-state index contributed by atoms with van der Waals surface area (Å²) in [6.07, 6.45) is 7.04. The summed E-state index contributed by atoms with van der Waals surface area (Å²) in [6, 6.07) is 5.19. The third-order valence-corrected chi connectivity index (χ3v) is 10.8. The van der Waals surface area contributed by atoms with E-state index in [1.165, 1.54) is 6.07 Å². The Balaban J connectivity index is 0.00000289. The molecule has 7 rings (SSSR count). The highest BCUT2D eigenvalue weighted by atomic mass is 35.5. The van der Waals surface area contributed by atoms with Crippen LogP contribution in [0, 0.1) is 5.82 Å². The van der Waals surface area contributed by atoms with Crippen molar-refractivity contribution in [2.75, 3.05) is 48.8 Å². The largest absolute Gasteiger partial charge is 0.352 e. The number of nitrogens with zero attached hydrogens (tertiary/aromatic N) is 5. The number of benzene rings is 1. The van der Waals surface area contributed by atoms with Crippen LogP contribution in [0.5, 0.6) is 0 Å². The van der Waals surface area contributed by atoms with Crippen LogP contribution in [0.3, 0.4) is 0 Å². The Kier molecular flexibility index (Phi) is 6.28. The maximum Gasteiger partial charge on any atom is 0.237 e.